The average molecular weight is 521 g/mol. The van der Waals surface area contributed by atoms with Crippen molar-refractivity contribution in [2.45, 2.75) is 155 Å². The highest BCUT2D eigenvalue weighted by atomic mass is 28.5. The molecule has 1 rings (SSSR count). The van der Waals surface area contributed by atoms with Gasteiger partial charge in [-0.25, -0.2) is 0 Å². The summed E-state index contributed by atoms with van der Waals surface area (Å²) in [5.74, 6) is 0. The van der Waals surface area contributed by atoms with Gasteiger partial charge in [0.25, 0.3) is 0 Å². The lowest BCUT2D eigenvalue weighted by atomic mass is 10.4. The molecule has 0 aromatic rings. The van der Waals surface area contributed by atoms with Gasteiger partial charge in [0.2, 0.25) is 0 Å². The minimum Gasteiger partial charge on any atom is -0.415 e. The zero-order valence-electron chi connectivity index (χ0n) is 22.9. The fourth-order valence-electron chi connectivity index (χ4n) is 4.92. The van der Waals surface area contributed by atoms with Crippen molar-refractivity contribution in [1.82, 2.24) is 0 Å². The van der Waals surface area contributed by atoms with E-state index in [1.165, 1.54) is 51.4 Å². The Bertz CT molecular complexity index is 410. The molecule has 32 heavy (non-hydrogen) atoms. The summed E-state index contributed by atoms with van der Waals surface area (Å²) >= 11 is 0. The third kappa shape index (κ3) is 8.43. The lowest BCUT2D eigenvalue weighted by Crippen LogP contribution is -2.69. The average Bonchev–Trinajstić information content (AvgIpc) is 2.81. The first-order valence-electron chi connectivity index (χ1n) is 14.1. The minimum absolute atomic E-state index is 1.02. The van der Waals surface area contributed by atoms with Crippen molar-refractivity contribution in [2.75, 3.05) is 0 Å². The monoisotopic (exact) mass is 520 g/mol. The van der Waals surface area contributed by atoms with Crippen LogP contribution >= 0.6 is 0 Å². The van der Waals surface area contributed by atoms with Gasteiger partial charge < -0.3 is 16.5 Å². The SMILES string of the molecule is CCCC[Si]1(CC)O[Si](CC)(CCCC)O[Si](CC)(CCCC)O[Si](CC)(CCCC)O1. The molecule has 4 nitrogen and oxygen atoms in total. The molecule has 0 saturated carbocycles. The Morgan fingerprint density at radius 3 is 0.656 bits per heavy atom. The number of rotatable bonds is 16. The summed E-state index contributed by atoms with van der Waals surface area (Å²) in [6, 6.07) is 8.50. The summed E-state index contributed by atoms with van der Waals surface area (Å²) in [4.78, 5) is 0. The van der Waals surface area contributed by atoms with Gasteiger partial charge in [0.15, 0.2) is 0 Å². The molecule has 1 fully saturated rings. The van der Waals surface area contributed by atoms with Gasteiger partial charge in [-0.1, -0.05) is 107 Å². The second-order valence-corrected chi connectivity index (χ2v) is 25.3. The Balaban J connectivity index is 3.59. The lowest BCUT2D eigenvalue weighted by molar-refractivity contribution is 0.207. The van der Waals surface area contributed by atoms with Crippen LogP contribution in [-0.4, -0.2) is 34.2 Å². The van der Waals surface area contributed by atoms with E-state index in [1.54, 1.807) is 0 Å². The zero-order chi connectivity index (χ0) is 24.1. The van der Waals surface area contributed by atoms with Crippen molar-refractivity contribution in [2.24, 2.45) is 0 Å². The Morgan fingerprint density at radius 2 is 0.531 bits per heavy atom. The van der Waals surface area contributed by atoms with Crippen LogP contribution in [0.1, 0.15) is 107 Å². The fourth-order valence-corrected chi connectivity index (χ4v) is 30.8. The fraction of sp³-hybridized carbons (Fsp3) is 1.00. The van der Waals surface area contributed by atoms with Gasteiger partial charge in [0, 0.05) is 0 Å². The Labute approximate surface area is 205 Å². The topological polar surface area (TPSA) is 36.9 Å². The van der Waals surface area contributed by atoms with E-state index >= 15 is 0 Å². The summed E-state index contributed by atoms with van der Waals surface area (Å²) in [5, 5.41) is 0. The minimum atomic E-state index is -2.38. The normalized spacial score (nSPS) is 33.8. The van der Waals surface area contributed by atoms with Crippen LogP contribution in [0.15, 0.2) is 0 Å². The van der Waals surface area contributed by atoms with Crippen molar-refractivity contribution in [3.8, 4) is 0 Å². The van der Waals surface area contributed by atoms with Crippen LogP contribution < -0.4 is 0 Å². The van der Waals surface area contributed by atoms with Crippen LogP contribution in [0, 0.1) is 0 Å². The standard InChI is InChI=1S/C24H56O4Si4/c1-9-17-21-29(13-5)25-30(14-6,22-18-10-2)27-32(16-8,24-20-12-4)28-31(15-7,26-29)23-19-11-3/h9-24H2,1-8H3. The second-order valence-electron chi connectivity index (χ2n) is 9.88. The molecule has 1 heterocycles. The predicted molar refractivity (Wildman–Crippen MR) is 148 cm³/mol. The Kier molecular flexibility index (Phi) is 14.4. The number of unbranched alkanes of at least 4 members (excludes halogenated alkanes) is 4. The molecule has 8 heteroatoms. The summed E-state index contributed by atoms with van der Waals surface area (Å²) in [6.07, 6.45) is 9.53. The van der Waals surface area contributed by atoms with E-state index in [4.69, 9.17) is 16.5 Å². The summed E-state index contributed by atoms with van der Waals surface area (Å²) < 4.78 is 29.9. The molecule has 0 spiro atoms. The van der Waals surface area contributed by atoms with Gasteiger partial charge in [0.1, 0.15) is 0 Å². The van der Waals surface area contributed by atoms with Crippen molar-refractivity contribution >= 4 is 34.2 Å². The summed E-state index contributed by atoms with van der Waals surface area (Å²) in [6.45, 7) is 18.4. The van der Waals surface area contributed by atoms with E-state index in [0.29, 0.717) is 0 Å². The van der Waals surface area contributed by atoms with Gasteiger partial charge in [-0.15, -0.1) is 0 Å². The van der Waals surface area contributed by atoms with Crippen molar-refractivity contribution < 1.29 is 16.5 Å². The second kappa shape index (κ2) is 15.0. The highest BCUT2D eigenvalue weighted by Crippen LogP contribution is 2.44. The quantitative estimate of drug-likeness (QED) is 0.190. The molecule has 0 aromatic heterocycles. The molecular formula is C24H56O4Si4. The van der Waals surface area contributed by atoms with E-state index in [9.17, 15) is 0 Å². The molecule has 0 N–H and O–H groups in total. The van der Waals surface area contributed by atoms with Crippen molar-refractivity contribution in [3.63, 3.8) is 0 Å². The summed E-state index contributed by atoms with van der Waals surface area (Å²) in [7, 11) is -9.54. The van der Waals surface area contributed by atoms with Crippen LogP contribution in [0.2, 0.25) is 48.4 Å². The van der Waals surface area contributed by atoms with Crippen LogP contribution in [0.4, 0.5) is 0 Å². The smallest absolute Gasteiger partial charge is 0.320 e. The first-order valence-corrected chi connectivity index (χ1v) is 23.0. The van der Waals surface area contributed by atoms with Gasteiger partial charge in [-0.3, -0.25) is 0 Å². The number of hydrogen-bond acceptors (Lipinski definition) is 4. The maximum Gasteiger partial charge on any atom is 0.320 e. The molecule has 0 atom stereocenters. The molecule has 0 bridgehead atoms. The molecular weight excluding hydrogens is 465 g/mol. The van der Waals surface area contributed by atoms with Crippen LogP contribution in [0.5, 0.6) is 0 Å². The molecule has 0 radical (unpaired) electrons. The molecule has 0 amide bonds. The van der Waals surface area contributed by atoms with Crippen LogP contribution in [-0.2, 0) is 16.5 Å². The highest BCUT2D eigenvalue weighted by Gasteiger charge is 2.59. The van der Waals surface area contributed by atoms with Crippen molar-refractivity contribution in [1.29, 1.82) is 0 Å². The maximum atomic E-state index is 7.47. The molecule has 0 aliphatic carbocycles. The van der Waals surface area contributed by atoms with Gasteiger partial charge in [-0.2, -0.15) is 0 Å². The summed E-state index contributed by atoms with van der Waals surface area (Å²) in [5.41, 5.74) is 0. The van der Waals surface area contributed by atoms with Gasteiger partial charge in [-0.05, 0) is 48.4 Å². The van der Waals surface area contributed by atoms with E-state index in [1.807, 2.05) is 0 Å². The predicted octanol–water partition coefficient (Wildman–Crippen LogP) is 9.12. The molecule has 0 aromatic carbocycles. The third-order valence-corrected chi connectivity index (χ3v) is 28.0. The van der Waals surface area contributed by atoms with E-state index < -0.39 is 34.2 Å². The largest absolute Gasteiger partial charge is 0.415 e. The first-order chi connectivity index (χ1) is 15.3. The van der Waals surface area contributed by atoms with Gasteiger partial charge in [0.05, 0.1) is 0 Å². The lowest BCUT2D eigenvalue weighted by Gasteiger charge is -2.53. The van der Waals surface area contributed by atoms with Gasteiger partial charge >= 0.3 is 34.2 Å². The van der Waals surface area contributed by atoms with E-state index in [2.05, 4.69) is 55.4 Å². The van der Waals surface area contributed by atoms with E-state index in [-0.39, 0.29) is 0 Å². The van der Waals surface area contributed by atoms with Crippen LogP contribution in [0.25, 0.3) is 0 Å². The Morgan fingerprint density at radius 1 is 0.344 bits per heavy atom. The van der Waals surface area contributed by atoms with Crippen molar-refractivity contribution in [3.05, 3.63) is 0 Å². The molecule has 1 saturated heterocycles. The van der Waals surface area contributed by atoms with Crippen LogP contribution in [0.3, 0.4) is 0 Å². The molecule has 192 valence electrons. The zero-order valence-corrected chi connectivity index (χ0v) is 26.9. The molecule has 1 aliphatic rings. The van der Waals surface area contributed by atoms with E-state index in [0.717, 1.165) is 48.4 Å². The molecule has 1 aliphatic heterocycles. The Hall–Kier alpha value is 0.708. The maximum absolute atomic E-state index is 7.47. The highest BCUT2D eigenvalue weighted by molar-refractivity contribution is 6.95. The third-order valence-electron chi connectivity index (χ3n) is 7.29. The first kappa shape index (κ1) is 30.7. The number of hydrogen-bond donors (Lipinski definition) is 0. The molecule has 0 unspecified atom stereocenters.